The van der Waals surface area contributed by atoms with Crippen molar-refractivity contribution in [1.29, 1.82) is 0 Å². The second kappa shape index (κ2) is 40.1. The summed E-state index contributed by atoms with van der Waals surface area (Å²) in [6, 6.07) is -0.878. The standard InChI is InChI=1S/C49H87N2O6P/c1-6-8-10-12-14-16-18-20-22-23-24-25-26-27-29-31-33-35-37-39-41-43-49(53)50-47(46-57-58(54,55)56-45-44-51(3,4)5)48(52)42-40-38-36-34-32-30-28-21-19-17-15-13-11-9-7-2/h8,10,14,16,19-22,24-25,32,34,40,42,47-48,52H,6-7,9,11-13,15,17-18,23,26-31,33,35-39,41,43-46H2,1-5H3,(H-,50,53,54,55)/p+1/b10-8-,16-14-,21-19+,22-20-,25-24-,34-32+,42-40+. The van der Waals surface area contributed by atoms with Crippen LogP contribution in [-0.4, -0.2) is 73.4 Å². The minimum absolute atomic E-state index is 0.0473. The first-order valence-electron chi connectivity index (χ1n) is 23.0. The number of likely N-dealkylation sites (N-methyl/N-ethyl adjacent to an activating group) is 1. The molecule has 0 aliphatic heterocycles. The number of rotatable bonds is 40. The van der Waals surface area contributed by atoms with E-state index in [0.29, 0.717) is 17.4 Å². The first kappa shape index (κ1) is 55.7. The van der Waals surface area contributed by atoms with E-state index in [0.717, 1.165) is 83.5 Å². The van der Waals surface area contributed by atoms with Gasteiger partial charge >= 0.3 is 7.82 Å². The normalized spacial score (nSPS) is 15.1. The molecule has 0 aliphatic rings. The highest BCUT2D eigenvalue weighted by molar-refractivity contribution is 7.47. The molecule has 3 atom stereocenters. The van der Waals surface area contributed by atoms with Crippen molar-refractivity contribution in [2.75, 3.05) is 40.9 Å². The van der Waals surface area contributed by atoms with Crippen LogP contribution in [0, 0.1) is 0 Å². The Kier molecular flexibility index (Phi) is 38.5. The molecule has 0 bridgehead atoms. The molecule has 0 radical (unpaired) electrons. The lowest BCUT2D eigenvalue weighted by Crippen LogP contribution is -2.45. The van der Waals surface area contributed by atoms with Crippen LogP contribution in [-0.2, 0) is 18.4 Å². The molecule has 0 fully saturated rings. The number of aliphatic hydroxyl groups excluding tert-OH is 1. The van der Waals surface area contributed by atoms with Gasteiger partial charge in [-0.2, -0.15) is 0 Å². The summed E-state index contributed by atoms with van der Waals surface area (Å²) in [5, 5.41) is 13.8. The van der Waals surface area contributed by atoms with Gasteiger partial charge in [-0.25, -0.2) is 4.57 Å². The lowest BCUT2D eigenvalue weighted by molar-refractivity contribution is -0.870. The van der Waals surface area contributed by atoms with E-state index in [1.165, 1.54) is 64.2 Å². The van der Waals surface area contributed by atoms with Crippen LogP contribution < -0.4 is 5.32 Å². The summed E-state index contributed by atoms with van der Waals surface area (Å²) < 4.78 is 23.5. The molecular weight excluding hydrogens is 744 g/mol. The van der Waals surface area contributed by atoms with Crippen LogP contribution in [0.25, 0.3) is 0 Å². The third-order valence-corrected chi connectivity index (χ3v) is 10.6. The molecule has 0 heterocycles. The van der Waals surface area contributed by atoms with E-state index in [1.807, 2.05) is 27.2 Å². The monoisotopic (exact) mass is 832 g/mol. The Morgan fingerprint density at radius 3 is 1.59 bits per heavy atom. The Hall–Kier alpha value is -2.32. The molecular formula is C49H88N2O6P+. The maximum atomic E-state index is 12.9. The number of nitrogens with one attached hydrogen (secondary N) is 1. The molecule has 0 aromatic heterocycles. The number of hydrogen-bond donors (Lipinski definition) is 3. The summed E-state index contributed by atoms with van der Waals surface area (Å²) in [5.41, 5.74) is 0. The predicted molar refractivity (Wildman–Crippen MR) is 249 cm³/mol. The third-order valence-electron chi connectivity index (χ3n) is 9.58. The Bertz CT molecular complexity index is 1220. The third kappa shape index (κ3) is 41.8. The van der Waals surface area contributed by atoms with Crippen molar-refractivity contribution in [2.24, 2.45) is 0 Å². The fourth-order valence-electron chi connectivity index (χ4n) is 5.94. The number of hydrogen-bond acceptors (Lipinski definition) is 5. The molecule has 0 rings (SSSR count). The molecule has 3 unspecified atom stereocenters. The van der Waals surface area contributed by atoms with Gasteiger partial charge in [0.2, 0.25) is 5.91 Å². The minimum Gasteiger partial charge on any atom is -0.387 e. The lowest BCUT2D eigenvalue weighted by atomic mass is 10.1. The molecule has 0 saturated carbocycles. The van der Waals surface area contributed by atoms with Crippen LogP contribution in [0.2, 0.25) is 0 Å². The summed E-state index contributed by atoms with van der Waals surface area (Å²) in [7, 11) is 1.52. The first-order chi connectivity index (χ1) is 28.0. The molecule has 0 spiro atoms. The number of unbranched alkanes of at least 4 members (excludes halogenated alkanes) is 15. The molecule has 0 saturated heterocycles. The number of carbonyl (C=O) groups is 1. The smallest absolute Gasteiger partial charge is 0.387 e. The highest BCUT2D eigenvalue weighted by Crippen LogP contribution is 2.43. The van der Waals surface area contributed by atoms with E-state index in [4.69, 9.17) is 9.05 Å². The van der Waals surface area contributed by atoms with Crippen molar-refractivity contribution in [3.63, 3.8) is 0 Å². The van der Waals surface area contributed by atoms with Gasteiger partial charge < -0.3 is 19.8 Å². The van der Waals surface area contributed by atoms with Crippen LogP contribution in [0.1, 0.15) is 168 Å². The highest BCUT2D eigenvalue weighted by atomic mass is 31.2. The van der Waals surface area contributed by atoms with Gasteiger partial charge in [0.1, 0.15) is 13.2 Å². The fraction of sp³-hybridized carbons (Fsp3) is 0.694. The Morgan fingerprint density at radius 2 is 1.05 bits per heavy atom. The van der Waals surface area contributed by atoms with Crippen LogP contribution in [0.5, 0.6) is 0 Å². The van der Waals surface area contributed by atoms with Gasteiger partial charge in [0.05, 0.1) is 39.9 Å². The molecule has 8 nitrogen and oxygen atoms in total. The minimum atomic E-state index is -4.36. The summed E-state index contributed by atoms with van der Waals surface area (Å²) >= 11 is 0. The summed E-state index contributed by atoms with van der Waals surface area (Å²) in [6.07, 6.45) is 55.1. The van der Waals surface area contributed by atoms with E-state index in [9.17, 15) is 19.4 Å². The topological polar surface area (TPSA) is 105 Å². The van der Waals surface area contributed by atoms with E-state index in [2.05, 4.69) is 92.1 Å². The number of allylic oxidation sites excluding steroid dienone is 13. The highest BCUT2D eigenvalue weighted by Gasteiger charge is 2.27. The largest absolute Gasteiger partial charge is 0.472 e. The van der Waals surface area contributed by atoms with Gasteiger partial charge in [-0.3, -0.25) is 13.8 Å². The number of aliphatic hydroxyl groups is 1. The van der Waals surface area contributed by atoms with E-state index >= 15 is 0 Å². The molecule has 0 aromatic rings. The Morgan fingerprint density at radius 1 is 0.603 bits per heavy atom. The Balaban J connectivity index is 4.47. The van der Waals surface area contributed by atoms with E-state index in [-0.39, 0.29) is 19.1 Å². The van der Waals surface area contributed by atoms with Crippen molar-refractivity contribution in [1.82, 2.24) is 5.32 Å². The maximum Gasteiger partial charge on any atom is 0.472 e. The number of amides is 1. The number of carbonyl (C=O) groups excluding carboxylic acids is 1. The van der Waals surface area contributed by atoms with Crippen LogP contribution in [0.3, 0.4) is 0 Å². The van der Waals surface area contributed by atoms with Gasteiger partial charge in [-0.1, -0.05) is 163 Å². The van der Waals surface area contributed by atoms with E-state index < -0.39 is 20.0 Å². The number of phosphoric acid groups is 1. The first-order valence-corrected chi connectivity index (χ1v) is 24.5. The van der Waals surface area contributed by atoms with Gasteiger partial charge in [-0.05, 0) is 83.5 Å². The Labute approximate surface area is 356 Å². The number of quaternary nitrogens is 1. The van der Waals surface area contributed by atoms with Crippen LogP contribution in [0.15, 0.2) is 85.1 Å². The quantitative estimate of drug-likeness (QED) is 0.0246. The molecule has 3 N–H and O–H groups in total. The second-order valence-corrected chi connectivity index (χ2v) is 17.8. The molecule has 334 valence electrons. The zero-order valence-corrected chi connectivity index (χ0v) is 38.6. The molecule has 9 heteroatoms. The van der Waals surface area contributed by atoms with Gasteiger partial charge in [-0.15, -0.1) is 0 Å². The van der Waals surface area contributed by atoms with Gasteiger partial charge in [0.15, 0.2) is 0 Å². The summed E-state index contributed by atoms with van der Waals surface area (Å²) in [6.45, 7) is 4.63. The lowest BCUT2D eigenvalue weighted by Gasteiger charge is -2.25. The number of phosphoric ester groups is 1. The second-order valence-electron chi connectivity index (χ2n) is 16.4. The zero-order valence-electron chi connectivity index (χ0n) is 37.8. The molecule has 0 aromatic carbocycles. The molecule has 1 amide bonds. The fourth-order valence-corrected chi connectivity index (χ4v) is 6.68. The van der Waals surface area contributed by atoms with Crippen LogP contribution >= 0.6 is 7.82 Å². The average Bonchev–Trinajstić information content (AvgIpc) is 3.17. The zero-order chi connectivity index (χ0) is 42.8. The van der Waals surface area contributed by atoms with Crippen molar-refractivity contribution < 1.29 is 32.9 Å². The van der Waals surface area contributed by atoms with Crippen molar-refractivity contribution in [3.05, 3.63) is 85.1 Å². The van der Waals surface area contributed by atoms with Crippen molar-refractivity contribution in [2.45, 2.75) is 180 Å². The van der Waals surface area contributed by atoms with E-state index in [1.54, 1.807) is 6.08 Å². The van der Waals surface area contributed by atoms with Crippen molar-refractivity contribution >= 4 is 13.7 Å². The van der Waals surface area contributed by atoms with Gasteiger partial charge in [0, 0.05) is 6.42 Å². The molecule has 58 heavy (non-hydrogen) atoms. The predicted octanol–water partition coefficient (Wildman–Crippen LogP) is 13.0. The molecule has 0 aliphatic carbocycles. The van der Waals surface area contributed by atoms with Crippen LogP contribution in [0.4, 0.5) is 0 Å². The van der Waals surface area contributed by atoms with Crippen molar-refractivity contribution in [3.8, 4) is 0 Å². The number of nitrogens with zero attached hydrogens (tertiary/aromatic N) is 1. The average molecular weight is 832 g/mol. The summed E-state index contributed by atoms with van der Waals surface area (Å²) in [4.78, 5) is 23.1. The maximum absolute atomic E-state index is 12.9. The van der Waals surface area contributed by atoms with Gasteiger partial charge in [0.25, 0.3) is 0 Å². The summed E-state index contributed by atoms with van der Waals surface area (Å²) in [5.74, 6) is -0.205. The SMILES string of the molecule is CC/C=C\C/C=C\C/C=C\C/C=C\CCCCCCCCCCC(=O)NC(COP(=O)(O)OCC[N+](C)(C)C)C(O)/C=C/CC/C=C/CC/C=C/CCCCCCC.